The minimum Gasteiger partial charge on any atom is -0.269 e. The summed E-state index contributed by atoms with van der Waals surface area (Å²) in [6.45, 7) is 0. The second-order valence-electron chi connectivity index (χ2n) is 5.62. The standard InChI is InChI=1S/C14H21BrN2/c15-14(11-5-6-11)8-7-12-9-10-17(16-12)13-3-1-2-4-13/h9-11,13-14H,1-8H2. The first-order valence-corrected chi connectivity index (χ1v) is 7.92. The van der Waals surface area contributed by atoms with E-state index in [-0.39, 0.29) is 0 Å². The molecule has 2 fully saturated rings. The van der Waals surface area contributed by atoms with Gasteiger partial charge in [-0.3, -0.25) is 4.68 Å². The van der Waals surface area contributed by atoms with E-state index in [9.17, 15) is 0 Å². The highest BCUT2D eigenvalue weighted by Crippen LogP contribution is 2.38. The fourth-order valence-electron chi connectivity index (χ4n) is 2.86. The maximum atomic E-state index is 4.74. The molecule has 1 aromatic rings. The van der Waals surface area contributed by atoms with Crippen molar-refractivity contribution < 1.29 is 0 Å². The quantitative estimate of drug-likeness (QED) is 0.748. The van der Waals surface area contributed by atoms with Crippen molar-refractivity contribution in [1.82, 2.24) is 9.78 Å². The van der Waals surface area contributed by atoms with Gasteiger partial charge in [-0.2, -0.15) is 5.10 Å². The van der Waals surface area contributed by atoms with Gasteiger partial charge in [0.2, 0.25) is 0 Å². The smallest absolute Gasteiger partial charge is 0.0625 e. The SMILES string of the molecule is BrC(CCc1ccn(C2CCCC2)n1)C1CC1. The van der Waals surface area contributed by atoms with E-state index in [2.05, 4.69) is 32.9 Å². The maximum absolute atomic E-state index is 4.74. The van der Waals surface area contributed by atoms with Gasteiger partial charge < -0.3 is 0 Å². The van der Waals surface area contributed by atoms with E-state index in [4.69, 9.17) is 5.10 Å². The van der Waals surface area contributed by atoms with E-state index in [0.717, 1.165) is 17.2 Å². The summed E-state index contributed by atoms with van der Waals surface area (Å²) in [6.07, 6.45) is 12.8. The second kappa shape index (κ2) is 5.13. The van der Waals surface area contributed by atoms with Crippen molar-refractivity contribution in [3.05, 3.63) is 18.0 Å². The highest BCUT2D eigenvalue weighted by atomic mass is 79.9. The van der Waals surface area contributed by atoms with Crippen LogP contribution in [0.3, 0.4) is 0 Å². The summed E-state index contributed by atoms with van der Waals surface area (Å²) in [6, 6.07) is 2.90. The van der Waals surface area contributed by atoms with Crippen LogP contribution in [0.15, 0.2) is 12.3 Å². The van der Waals surface area contributed by atoms with E-state index in [1.165, 1.54) is 50.6 Å². The molecule has 1 heterocycles. The minimum absolute atomic E-state index is 0.687. The van der Waals surface area contributed by atoms with Crippen LogP contribution in [0.25, 0.3) is 0 Å². The van der Waals surface area contributed by atoms with Crippen molar-refractivity contribution >= 4 is 15.9 Å². The first-order chi connectivity index (χ1) is 8.33. The topological polar surface area (TPSA) is 17.8 Å². The molecule has 2 nitrogen and oxygen atoms in total. The van der Waals surface area contributed by atoms with Crippen LogP contribution in [0.1, 0.15) is 56.7 Å². The van der Waals surface area contributed by atoms with Crippen molar-refractivity contribution in [3.63, 3.8) is 0 Å². The van der Waals surface area contributed by atoms with E-state index in [1.54, 1.807) is 0 Å². The van der Waals surface area contributed by atoms with Gasteiger partial charge in [0.05, 0.1) is 11.7 Å². The van der Waals surface area contributed by atoms with Crippen LogP contribution in [0, 0.1) is 5.92 Å². The Hall–Kier alpha value is -0.310. The van der Waals surface area contributed by atoms with Crippen LogP contribution in [0.5, 0.6) is 0 Å². The van der Waals surface area contributed by atoms with Crippen LogP contribution in [-0.4, -0.2) is 14.6 Å². The minimum atomic E-state index is 0.687. The van der Waals surface area contributed by atoms with Gasteiger partial charge in [-0.25, -0.2) is 0 Å². The molecule has 17 heavy (non-hydrogen) atoms. The molecule has 0 N–H and O–H groups in total. The number of hydrogen-bond donors (Lipinski definition) is 0. The molecule has 1 aromatic heterocycles. The Labute approximate surface area is 112 Å². The fourth-order valence-corrected chi connectivity index (χ4v) is 3.62. The van der Waals surface area contributed by atoms with Gasteiger partial charge in [0.15, 0.2) is 0 Å². The first-order valence-electron chi connectivity index (χ1n) is 7.01. The van der Waals surface area contributed by atoms with Crippen molar-refractivity contribution in [2.75, 3.05) is 0 Å². The van der Waals surface area contributed by atoms with Gasteiger partial charge in [0.25, 0.3) is 0 Å². The molecule has 0 aliphatic heterocycles. The zero-order valence-corrected chi connectivity index (χ0v) is 11.9. The lowest BCUT2D eigenvalue weighted by Crippen LogP contribution is -2.07. The maximum Gasteiger partial charge on any atom is 0.0625 e. The Morgan fingerprint density at radius 1 is 1.29 bits per heavy atom. The van der Waals surface area contributed by atoms with E-state index < -0.39 is 0 Å². The summed E-state index contributed by atoms with van der Waals surface area (Å²) in [5, 5.41) is 4.74. The molecule has 2 aliphatic carbocycles. The third kappa shape index (κ3) is 2.93. The molecule has 0 spiro atoms. The predicted molar refractivity (Wildman–Crippen MR) is 73.5 cm³/mol. The molecule has 0 radical (unpaired) electrons. The van der Waals surface area contributed by atoms with Crippen molar-refractivity contribution in [2.45, 2.75) is 62.2 Å². The Kier molecular flexibility index (Phi) is 3.55. The van der Waals surface area contributed by atoms with Gasteiger partial charge in [0.1, 0.15) is 0 Å². The lowest BCUT2D eigenvalue weighted by Gasteiger charge is -2.09. The van der Waals surface area contributed by atoms with Crippen molar-refractivity contribution in [1.29, 1.82) is 0 Å². The molecule has 0 bridgehead atoms. The molecule has 0 aromatic carbocycles. The van der Waals surface area contributed by atoms with Crippen LogP contribution >= 0.6 is 15.9 Å². The fraction of sp³-hybridized carbons (Fsp3) is 0.786. The third-order valence-electron chi connectivity index (χ3n) is 4.17. The number of rotatable bonds is 5. The molecule has 94 valence electrons. The number of halogens is 1. The van der Waals surface area contributed by atoms with Gasteiger partial charge in [0, 0.05) is 11.0 Å². The monoisotopic (exact) mass is 296 g/mol. The zero-order chi connectivity index (χ0) is 11.7. The summed E-state index contributed by atoms with van der Waals surface area (Å²) in [5.74, 6) is 0.951. The van der Waals surface area contributed by atoms with E-state index >= 15 is 0 Å². The van der Waals surface area contributed by atoms with Crippen molar-refractivity contribution in [3.8, 4) is 0 Å². The normalized spacial score (nSPS) is 23.1. The summed E-state index contributed by atoms with van der Waals surface area (Å²) in [4.78, 5) is 0.721. The largest absolute Gasteiger partial charge is 0.269 e. The summed E-state index contributed by atoms with van der Waals surface area (Å²) in [5.41, 5.74) is 1.28. The van der Waals surface area contributed by atoms with Gasteiger partial charge >= 0.3 is 0 Å². The highest BCUT2D eigenvalue weighted by molar-refractivity contribution is 9.09. The van der Waals surface area contributed by atoms with Crippen LogP contribution in [0.2, 0.25) is 0 Å². The molecular formula is C14H21BrN2. The lowest BCUT2D eigenvalue weighted by atomic mass is 10.1. The Balaban J connectivity index is 1.52. The number of alkyl halides is 1. The average molecular weight is 297 g/mol. The Morgan fingerprint density at radius 2 is 2.06 bits per heavy atom. The van der Waals surface area contributed by atoms with Gasteiger partial charge in [-0.05, 0) is 50.5 Å². The molecule has 0 amide bonds. The first kappa shape index (κ1) is 11.8. The molecule has 1 atom stereocenters. The second-order valence-corrected chi connectivity index (χ2v) is 6.79. The third-order valence-corrected chi connectivity index (χ3v) is 5.38. The molecule has 3 rings (SSSR count). The lowest BCUT2D eigenvalue weighted by molar-refractivity contribution is 0.462. The molecule has 2 saturated carbocycles. The van der Waals surface area contributed by atoms with E-state index in [1.807, 2.05) is 0 Å². The summed E-state index contributed by atoms with van der Waals surface area (Å²) in [7, 11) is 0. The van der Waals surface area contributed by atoms with Crippen LogP contribution < -0.4 is 0 Å². The predicted octanol–water partition coefficient (Wildman–Crippen LogP) is 4.10. The van der Waals surface area contributed by atoms with Gasteiger partial charge in [-0.1, -0.05) is 28.8 Å². The van der Waals surface area contributed by atoms with Crippen molar-refractivity contribution in [2.24, 2.45) is 5.92 Å². The van der Waals surface area contributed by atoms with Crippen LogP contribution in [0.4, 0.5) is 0 Å². The van der Waals surface area contributed by atoms with Crippen LogP contribution in [-0.2, 0) is 6.42 Å². The Bertz CT molecular complexity index is 364. The molecular weight excluding hydrogens is 276 g/mol. The van der Waals surface area contributed by atoms with Gasteiger partial charge in [-0.15, -0.1) is 0 Å². The summed E-state index contributed by atoms with van der Waals surface area (Å²) < 4.78 is 2.21. The molecule has 1 unspecified atom stereocenters. The number of aryl methyl sites for hydroxylation is 1. The molecule has 3 heteroatoms. The molecule has 0 saturated heterocycles. The number of hydrogen-bond acceptors (Lipinski definition) is 1. The highest BCUT2D eigenvalue weighted by Gasteiger charge is 2.29. The average Bonchev–Trinajstić information content (AvgIpc) is 2.87. The summed E-state index contributed by atoms with van der Waals surface area (Å²) >= 11 is 3.80. The number of aromatic nitrogens is 2. The Morgan fingerprint density at radius 3 is 2.76 bits per heavy atom. The molecule has 2 aliphatic rings. The van der Waals surface area contributed by atoms with E-state index in [0.29, 0.717) is 6.04 Å². The number of nitrogens with zero attached hydrogens (tertiary/aromatic N) is 2. The zero-order valence-electron chi connectivity index (χ0n) is 10.3.